The molecule has 2 aliphatic heterocycles. The third-order valence-corrected chi connectivity index (χ3v) is 7.37. The standard InChI is InChI=1S/C14H21N3O.C14H23N3/c1-16(2)13-7-9-17(10-8-13)14-5-3-12(4-6-14)15-11-18;1-15-12-4-6-14(7-5-12)17-10-8-13(9-11-17)16(2)3/h3-6,11,13H,7-10H2,1-2H3,(H,15,18);4-7,13,15H,8-11H2,1-3H3. The molecule has 7 heteroatoms. The van der Waals surface area contributed by atoms with Crippen LogP contribution in [0.2, 0.25) is 0 Å². The number of nitrogens with one attached hydrogen (secondary N) is 2. The minimum Gasteiger partial charge on any atom is -0.388 e. The Morgan fingerprint density at radius 1 is 0.686 bits per heavy atom. The molecular formula is C28H44N6O. The van der Waals surface area contributed by atoms with E-state index in [2.05, 4.69) is 94.8 Å². The molecular weight excluding hydrogens is 436 g/mol. The topological polar surface area (TPSA) is 54.1 Å². The molecule has 2 aliphatic rings. The summed E-state index contributed by atoms with van der Waals surface area (Å²) in [5, 5.41) is 5.81. The maximum Gasteiger partial charge on any atom is 0.211 e. The third kappa shape index (κ3) is 7.87. The van der Waals surface area contributed by atoms with Gasteiger partial charge in [-0.3, -0.25) is 4.79 Å². The lowest BCUT2D eigenvalue weighted by Crippen LogP contribution is -2.41. The highest BCUT2D eigenvalue weighted by Gasteiger charge is 2.21. The van der Waals surface area contributed by atoms with Crippen LogP contribution >= 0.6 is 0 Å². The monoisotopic (exact) mass is 480 g/mol. The fourth-order valence-electron chi connectivity index (χ4n) is 4.96. The van der Waals surface area contributed by atoms with Crippen molar-refractivity contribution in [2.45, 2.75) is 37.8 Å². The Labute approximate surface area is 212 Å². The summed E-state index contributed by atoms with van der Waals surface area (Å²) in [6.07, 6.45) is 5.65. The Morgan fingerprint density at radius 3 is 1.37 bits per heavy atom. The zero-order valence-electron chi connectivity index (χ0n) is 22.2. The molecule has 0 aliphatic carbocycles. The van der Waals surface area contributed by atoms with E-state index in [0.29, 0.717) is 12.5 Å². The van der Waals surface area contributed by atoms with Crippen LogP contribution in [0.15, 0.2) is 48.5 Å². The van der Waals surface area contributed by atoms with E-state index in [4.69, 9.17) is 0 Å². The van der Waals surface area contributed by atoms with Gasteiger partial charge in [-0.25, -0.2) is 0 Å². The van der Waals surface area contributed by atoms with E-state index in [0.717, 1.165) is 24.8 Å². The summed E-state index contributed by atoms with van der Waals surface area (Å²) in [5.74, 6) is 0. The number of carbonyl (C=O) groups excluding carboxylic acids is 1. The zero-order valence-corrected chi connectivity index (χ0v) is 22.2. The van der Waals surface area contributed by atoms with Crippen molar-refractivity contribution in [2.24, 2.45) is 0 Å². The molecule has 0 radical (unpaired) electrons. The van der Waals surface area contributed by atoms with Crippen LogP contribution in [0.1, 0.15) is 25.7 Å². The largest absolute Gasteiger partial charge is 0.388 e. The van der Waals surface area contributed by atoms with E-state index in [9.17, 15) is 4.79 Å². The van der Waals surface area contributed by atoms with Gasteiger partial charge in [0.15, 0.2) is 0 Å². The van der Waals surface area contributed by atoms with Crippen LogP contribution in [0.3, 0.4) is 0 Å². The molecule has 0 bridgehead atoms. The van der Waals surface area contributed by atoms with Crippen LogP contribution in [0.5, 0.6) is 0 Å². The quantitative estimate of drug-likeness (QED) is 0.584. The van der Waals surface area contributed by atoms with Crippen molar-refractivity contribution in [3.8, 4) is 0 Å². The van der Waals surface area contributed by atoms with Crippen molar-refractivity contribution < 1.29 is 4.79 Å². The molecule has 2 saturated heterocycles. The van der Waals surface area contributed by atoms with Gasteiger partial charge in [0, 0.05) is 68.1 Å². The molecule has 35 heavy (non-hydrogen) atoms. The number of piperidine rings is 2. The van der Waals surface area contributed by atoms with Crippen LogP contribution in [0.25, 0.3) is 0 Å². The van der Waals surface area contributed by atoms with Gasteiger partial charge in [-0.05, 0) is 102 Å². The number of amides is 1. The third-order valence-electron chi connectivity index (χ3n) is 7.37. The molecule has 2 N–H and O–H groups in total. The number of benzene rings is 2. The van der Waals surface area contributed by atoms with Gasteiger partial charge in [-0.15, -0.1) is 0 Å². The lowest BCUT2D eigenvalue weighted by molar-refractivity contribution is -0.105. The number of rotatable bonds is 7. The minimum atomic E-state index is 0.706. The van der Waals surface area contributed by atoms with Crippen LogP contribution in [-0.2, 0) is 4.79 Å². The van der Waals surface area contributed by atoms with Crippen LogP contribution in [0, 0.1) is 0 Å². The van der Waals surface area contributed by atoms with Crippen molar-refractivity contribution in [3.05, 3.63) is 48.5 Å². The average Bonchev–Trinajstić information content (AvgIpc) is 2.90. The summed E-state index contributed by atoms with van der Waals surface area (Å²) in [6.45, 7) is 4.54. The Balaban J connectivity index is 0.000000196. The van der Waals surface area contributed by atoms with Crippen LogP contribution in [-0.4, -0.2) is 89.7 Å². The van der Waals surface area contributed by atoms with Gasteiger partial charge in [0.05, 0.1) is 0 Å². The second-order valence-electron chi connectivity index (χ2n) is 9.97. The number of hydrogen-bond donors (Lipinski definition) is 2. The minimum absolute atomic E-state index is 0.706. The van der Waals surface area contributed by atoms with Gasteiger partial charge in [-0.1, -0.05) is 0 Å². The average molecular weight is 481 g/mol. The van der Waals surface area contributed by atoms with Crippen molar-refractivity contribution >= 4 is 29.2 Å². The SMILES string of the molecule is CN(C)C1CCN(c2ccc(NC=O)cc2)CC1.CNc1ccc(N2CCC(N(C)C)CC2)cc1. The highest BCUT2D eigenvalue weighted by molar-refractivity contribution is 5.72. The van der Waals surface area contributed by atoms with Crippen molar-refractivity contribution in [3.63, 3.8) is 0 Å². The Morgan fingerprint density at radius 2 is 1.06 bits per heavy atom. The summed E-state index contributed by atoms with van der Waals surface area (Å²) < 4.78 is 0. The van der Waals surface area contributed by atoms with Gasteiger partial charge < -0.3 is 30.2 Å². The summed E-state index contributed by atoms with van der Waals surface area (Å²) >= 11 is 0. The number of anilines is 4. The van der Waals surface area contributed by atoms with Crippen LogP contribution in [0.4, 0.5) is 22.7 Å². The Kier molecular flexibility index (Phi) is 10.2. The highest BCUT2D eigenvalue weighted by Crippen LogP contribution is 2.24. The molecule has 0 atom stereocenters. The van der Waals surface area contributed by atoms with E-state index < -0.39 is 0 Å². The predicted octanol–water partition coefficient (Wildman–Crippen LogP) is 4.04. The van der Waals surface area contributed by atoms with Crippen molar-refractivity contribution in [2.75, 3.05) is 81.9 Å². The van der Waals surface area contributed by atoms with E-state index >= 15 is 0 Å². The fraction of sp³-hybridized carbons (Fsp3) is 0.536. The lowest BCUT2D eigenvalue weighted by Gasteiger charge is -2.36. The van der Waals surface area contributed by atoms with Crippen molar-refractivity contribution in [1.82, 2.24) is 9.80 Å². The second-order valence-corrected chi connectivity index (χ2v) is 9.97. The first-order valence-corrected chi connectivity index (χ1v) is 12.8. The zero-order chi connectivity index (χ0) is 25.2. The molecule has 0 unspecified atom stereocenters. The van der Waals surface area contributed by atoms with E-state index in [1.54, 1.807) is 0 Å². The molecule has 2 fully saturated rings. The molecule has 2 aromatic rings. The van der Waals surface area contributed by atoms with E-state index in [1.165, 1.54) is 55.8 Å². The first-order valence-electron chi connectivity index (χ1n) is 12.8. The predicted molar refractivity (Wildman–Crippen MR) is 150 cm³/mol. The van der Waals surface area contributed by atoms with Gasteiger partial charge in [0.2, 0.25) is 6.41 Å². The summed E-state index contributed by atoms with van der Waals surface area (Å²) in [4.78, 5) is 19.9. The maximum absolute atomic E-state index is 10.3. The summed E-state index contributed by atoms with van der Waals surface area (Å²) in [5.41, 5.74) is 4.61. The first kappa shape index (κ1) is 26.8. The normalized spacial score (nSPS) is 17.2. The molecule has 1 amide bonds. The number of carbonyl (C=O) groups is 1. The second kappa shape index (κ2) is 13.4. The van der Waals surface area contributed by atoms with Gasteiger partial charge in [0.1, 0.15) is 0 Å². The summed E-state index contributed by atoms with van der Waals surface area (Å²) in [6, 6.07) is 18.2. The number of nitrogens with zero attached hydrogens (tertiary/aromatic N) is 4. The smallest absolute Gasteiger partial charge is 0.211 e. The van der Waals surface area contributed by atoms with Gasteiger partial charge in [0.25, 0.3) is 0 Å². The Hall–Kier alpha value is -2.77. The van der Waals surface area contributed by atoms with Gasteiger partial charge in [-0.2, -0.15) is 0 Å². The summed E-state index contributed by atoms with van der Waals surface area (Å²) in [7, 11) is 10.6. The van der Waals surface area contributed by atoms with Crippen molar-refractivity contribution in [1.29, 1.82) is 0 Å². The molecule has 192 valence electrons. The molecule has 2 heterocycles. The molecule has 4 rings (SSSR count). The molecule has 0 spiro atoms. The molecule has 0 aromatic heterocycles. The molecule has 7 nitrogen and oxygen atoms in total. The van der Waals surface area contributed by atoms with Gasteiger partial charge >= 0.3 is 0 Å². The maximum atomic E-state index is 10.3. The fourth-order valence-corrected chi connectivity index (χ4v) is 4.96. The van der Waals surface area contributed by atoms with Crippen LogP contribution < -0.4 is 20.4 Å². The molecule has 2 aromatic carbocycles. The highest BCUT2D eigenvalue weighted by atomic mass is 16.1. The van der Waals surface area contributed by atoms with E-state index in [-0.39, 0.29) is 0 Å². The Bertz CT molecular complexity index is 867. The lowest BCUT2D eigenvalue weighted by atomic mass is 10.0. The first-order chi connectivity index (χ1) is 16.9. The number of hydrogen-bond acceptors (Lipinski definition) is 6. The van der Waals surface area contributed by atoms with E-state index in [1.807, 2.05) is 19.2 Å². The molecule has 0 saturated carbocycles.